The fourth-order valence-electron chi connectivity index (χ4n) is 2.60. The van der Waals surface area contributed by atoms with Crippen LogP contribution in [-0.4, -0.2) is 35.8 Å². The number of hydrogen-bond donors (Lipinski definition) is 2. The van der Waals surface area contributed by atoms with E-state index in [4.69, 9.17) is 19.7 Å². The zero-order valence-electron chi connectivity index (χ0n) is 16.7. The summed E-state index contributed by atoms with van der Waals surface area (Å²) in [6.07, 6.45) is 0.587. The van der Waals surface area contributed by atoms with Crippen LogP contribution in [0.1, 0.15) is 19.2 Å². The largest absolute Gasteiger partial charge is 0.494 e. The fourth-order valence-corrected chi connectivity index (χ4v) is 2.60. The molecule has 0 unspecified atom stereocenters. The van der Waals surface area contributed by atoms with Crippen molar-refractivity contribution in [3.05, 3.63) is 54.4 Å². The van der Waals surface area contributed by atoms with Crippen molar-refractivity contribution in [2.45, 2.75) is 19.8 Å². The van der Waals surface area contributed by atoms with Crippen molar-refractivity contribution < 1.29 is 18.8 Å². The highest BCUT2D eigenvalue weighted by Crippen LogP contribution is 2.20. The first kappa shape index (κ1) is 23.2. The monoisotopic (exact) mass is 432 g/mol. The maximum atomic E-state index is 12.2. The summed E-state index contributed by atoms with van der Waals surface area (Å²) in [4.78, 5) is 16.5. The van der Waals surface area contributed by atoms with Crippen LogP contribution in [0.5, 0.6) is 11.5 Å². The van der Waals surface area contributed by atoms with Crippen LogP contribution in [-0.2, 0) is 11.2 Å². The lowest BCUT2D eigenvalue weighted by atomic mass is 10.2. The molecule has 0 saturated heterocycles. The number of halogens is 1. The molecule has 30 heavy (non-hydrogen) atoms. The number of nitrogens with one attached hydrogen (secondary N) is 1. The molecule has 0 radical (unpaired) electrons. The van der Waals surface area contributed by atoms with E-state index in [1.807, 2.05) is 31.2 Å². The van der Waals surface area contributed by atoms with Crippen LogP contribution in [0, 0.1) is 0 Å². The number of benzene rings is 2. The minimum Gasteiger partial charge on any atom is -0.494 e. The minimum absolute atomic E-state index is 0. The quantitative estimate of drug-likeness (QED) is 0.504. The average molecular weight is 433 g/mol. The van der Waals surface area contributed by atoms with Gasteiger partial charge in [0.2, 0.25) is 17.6 Å². The molecule has 1 amide bonds. The smallest absolute Gasteiger partial charge is 0.227 e. The molecule has 9 heteroatoms. The molecular weight excluding hydrogens is 408 g/mol. The normalized spacial score (nSPS) is 10.2. The molecule has 3 aromatic rings. The van der Waals surface area contributed by atoms with Gasteiger partial charge in [-0.25, -0.2) is 0 Å². The number of nitrogens with zero attached hydrogens (tertiary/aromatic N) is 2. The molecule has 0 aliphatic rings. The lowest BCUT2D eigenvalue weighted by Gasteiger charge is -2.07. The molecule has 0 saturated carbocycles. The Labute approximate surface area is 181 Å². The number of hydrogen-bond acceptors (Lipinski definition) is 7. The first-order valence-corrected chi connectivity index (χ1v) is 9.46. The molecule has 2 aromatic carbocycles. The standard InChI is InChI=1S/C21H24N4O4.ClH/c1-2-27-17-7-3-15(4-8-17)21-24-20(29-25-21)12-11-19(26)23-16-5-9-18(10-6-16)28-14-13-22;/h3-10H,2,11-14,22H2,1H3,(H,23,26);1H. The minimum atomic E-state index is -0.138. The van der Waals surface area contributed by atoms with Gasteiger partial charge in [0.05, 0.1) is 6.61 Å². The Kier molecular flexibility index (Phi) is 9.11. The number of ether oxygens (including phenoxy) is 2. The van der Waals surface area contributed by atoms with E-state index in [0.29, 0.717) is 49.3 Å². The van der Waals surface area contributed by atoms with Crippen molar-refractivity contribution in [2.75, 3.05) is 25.1 Å². The molecule has 1 heterocycles. The Morgan fingerprint density at radius 2 is 1.73 bits per heavy atom. The molecule has 160 valence electrons. The second-order valence-corrected chi connectivity index (χ2v) is 6.18. The van der Waals surface area contributed by atoms with Gasteiger partial charge in [0.15, 0.2) is 0 Å². The third kappa shape index (κ3) is 6.75. The number of aromatic nitrogens is 2. The molecule has 8 nitrogen and oxygen atoms in total. The maximum Gasteiger partial charge on any atom is 0.227 e. The van der Waals surface area contributed by atoms with Crippen LogP contribution in [0.4, 0.5) is 5.69 Å². The lowest BCUT2D eigenvalue weighted by molar-refractivity contribution is -0.116. The summed E-state index contributed by atoms with van der Waals surface area (Å²) in [5.74, 6) is 2.25. The van der Waals surface area contributed by atoms with E-state index >= 15 is 0 Å². The van der Waals surface area contributed by atoms with Crippen LogP contribution in [0.25, 0.3) is 11.4 Å². The average Bonchev–Trinajstić information content (AvgIpc) is 3.22. The van der Waals surface area contributed by atoms with Gasteiger partial charge in [-0.1, -0.05) is 5.16 Å². The summed E-state index contributed by atoms with van der Waals surface area (Å²) in [6, 6.07) is 14.6. The first-order valence-electron chi connectivity index (χ1n) is 9.46. The van der Waals surface area contributed by atoms with Gasteiger partial charge in [0.1, 0.15) is 18.1 Å². The third-order valence-electron chi connectivity index (χ3n) is 3.98. The Bertz CT molecular complexity index is 914. The molecule has 0 spiro atoms. The van der Waals surface area contributed by atoms with Gasteiger partial charge in [-0.05, 0) is 55.5 Å². The summed E-state index contributed by atoms with van der Waals surface area (Å²) in [6.45, 7) is 3.45. The van der Waals surface area contributed by atoms with E-state index in [1.54, 1.807) is 24.3 Å². The van der Waals surface area contributed by atoms with E-state index in [2.05, 4.69) is 15.5 Å². The number of amides is 1. The van der Waals surface area contributed by atoms with Gasteiger partial charge >= 0.3 is 0 Å². The van der Waals surface area contributed by atoms with Crippen LogP contribution >= 0.6 is 12.4 Å². The second kappa shape index (κ2) is 11.8. The summed E-state index contributed by atoms with van der Waals surface area (Å²) in [5.41, 5.74) is 6.92. The molecular formula is C21H25ClN4O4. The second-order valence-electron chi connectivity index (χ2n) is 6.18. The van der Waals surface area contributed by atoms with Crippen LogP contribution in [0.15, 0.2) is 53.1 Å². The van der Waals surface area contributed by atoms with Gasteiger partial charge < -0.3 is 25.0 Å². The Balaban J connectivity index is 0.00000320. The summed E-state index contributed by atoms with van der Waals surface area (Å²) in [5, 5.41) is 6.81. The number of anilines is 1. The van der Waals surface area contributed by atoms with Gasteiger partial charge in [-0.3, -0.25) is 4.79 Å². The predicted molar refractivity (Wildman–Crippen MR) is 116 cm³/mol. The number of aryl methyl sites for hydroxylation is 1. The van der Waals surface area contributed by atoms with Crippen LogP contribution in [0.3, 0.4) is 0 Å². The molecule has 3 N–H and O–H groups in total. The molecule has 0 aliphatic heterocycles. The van der Waals surface area contributed by atoms with Crippen molar-refractivity contribution in [1.29, 1.82) is 0 Å². The van der Waals surface area contributed by atoms with Gasteiger partial charge in [0, 0.05) is 30.6 Å². The zero-order valence-corrected chi connectivity index (χ0v) is 17.5. The molecule has 0 fully saturated rings. The number of carbonyl (C=O) groups excluding carboxylic acids is 1. The predicted octanol–water partition coefficient (Wildman–Crippen LogP) is 3.47. The molecule has 0 aliphatic carbocycles. The highest BCUT2D eigenvalue weighted by atomic mass is 35.5. The first-order chi connectivity index (χ1) is 14.2. The molecule has 0 atom stereocenters. The Morgan fingerprint density at radius 3 is 2.40 bits per heavy atom. The summed E-state index contributed by atoms with van der Waals surface area (Å²) < 4.78 is 16.1. The molecule has 3 rings (SSSR count). The SMILES string of the molecule is CCOc1ccc(-c2noc(CCC(=O)Nc3ccc(OCCN)cc3)n2)cc1.Cl. The Hall–Kier alpha value is -3.10. The van der Waals surface area contributed by atoms with Crippen molar-refractivity contribution in [3.63, 3.8) is 0 Å². The van der Waals surface area contributed by atoms with E-state index in [9.17, 15) is 4.79 Å². The van der Waals surface area contributed by atoms with Crippen molar-refractivity contribution in [2.24, 2.45) is 5.73 Å². The van der Waals surface area contributed by atoms with Gasteiger partial charge in [0.25, 0.3) is 0 Å². The van der Waals surface area contributed by atoms with Crippen molar-refractivity contribution in [3.8, 4) is 22.9 Å². The van der Waals surface area contributed by atoms with Gasteiger partial charge in [-0.2, -0.15) is 4.98 Å². The maximum absolute atomic E-state index is 12.2. The summed E-state index contributed by atoms with van der Waals surface area (Å²) in [7, 11) is 0. The Morgan fingerprint density at radius 1 is 1.07 bits per heavy atom. The zero-order chi connectivity index (χ0) is 20.5. The highest BCUT2D eigenvalue weighted by Gasteiger charge is 2.11. The van der Waals surface area contributed by atoms with E-state index < -0.39 is 0 Å². The summed E-state index contributed by atoms with van der Waals surface area (Å²) >= 11 is 0. The molecule has 1 aromatic heterocycles. The van der Waals surface area contributed by atoms with Crippen LogP contribution < -0.4 is 20.5 Å². The fraction of sp³-hybridized carbons (Fsp3) is 0.286. The van der Waals surface area contributed by atoms with E-state index in [-0.39, 0.29) is 24.7 Å². The molecule has 0 bridgehead atoms. The number of nitrogens with two attached hydrogens (primary N) is 1. The van der Waals surface area contributed by atoms with Gasteiger partial charge in [-0.15, -0.1) is 12.4 Å². The van der Waals surface area contributed by atoms with Crippen LogP contribution in [0.2, 0.25) is 0 Å². The topological polar surface area (TPSA) is 112 Å². The highest BCUT2D eigenvalue weighted by molar-refractivity contribution is 5.90. The number of carbonyl (C=O) groups is 1. The van der Waals surface area contributed by atoms with E-state index in [1.165, 1.54) is 0 Å². The number of rotatable bonds is 10. The lowest BCUT2D eigenvalue weighted by Crippen LogP contribution is -2.13. The van der Waals surface area contributed by atoms with Crippen molar-refractivity contribution >= 4 is 24.0 Å². The third-order valence-corrected chi connectivity index (χ3v) is 3.98. The van der Waals surface area contributed by atoms with Crippen molar-refractivity contribution in [1.82, 2.24) is 10.1 Å². The van der Waals surface area contributed by atoms with E-state index in [0.717, 1.165) is 11.3 Å².